The van der Waals surface area contributed by atoms with Gasteiger partial charge in [0.05, 0.1) is 0 Å². The Hall–Kier alpha value is 0. The molecular weight excluding hydrogens is 1150 g/mol. The van der Waals surface area contributed by atoms with Crippen LogP contribution in [0.1, 0.15) is 492 Å². The van der Waals surface area contributed by atoms with E-state index in [1.54, 1.807) is 180 Å². The molecule has 14 saturated carbocycles. The zero-order chi connectivity index (χ0) is 71.3. The van der Waals surface area contributed by atoms with Crippen molar-refractivity contribution in [2.75, 3.05) is 0 Å². The fourth-order valence-electron chi connectivity index (χ4n) is 19.4. The second-order valence-electron chi connectivity index (χ2n) is 40.0. The summed E-state index contributed by atoms with van der Waals surface area (Å²) in [6, 6.07) is 0. The van der Waals surface area contributed by atoms with Crippen molar-refractivity contribution in [1.29, 1.82) is 0 Å². The van der Waals surface area contributed by atoms with Gasteiger partial charge in [0.25, 0.3) is 0 Å². The Labute approximate surface area is 612 Å². The Kier molecular flexibility index (Phi) is 60.0. The summed E-state index contributed by atoms with van der Waals surface area (Å²) < 4.78 is 0. The minimum atomic E-state index is 0.833. The molecule has 0 aromatic carbocycles. The zero-order valence-electron chi connectivity index (χ0n) is 71.3. The highest BCUT2D eigenvalue weighted by Gasteiger charge is 2.33. The summed E-state index contributed by atoms with van der Waals surface area (Å²) in [5.74, 6) is 22.1. The van der Waals surface area contributed by atoms with Crippen LogP contribution in [0.25, 0.3) is 0 Å². The van der Waals surface area contributed by atoms with Crippen LogP contribution >= 0.6 is 0 Å². The Morgan fingerprint density at radius 3 is 0.167 bits per heavy atom. The minimum absolute atomic E-state index is 0.833. The number of hydrogen-bond donors (Lipinski definition) is 0. The van der Waals surface area contributed by atoms with Crippen molar-refractivity contribution in [2.45, 2.75) is 492 Å². The lowest BCUT2D eigenvalue weighted by Gasteiger charge is -2.40. The topological polar surface area (TPSA) is 0 Å². The SMILES string of the molecule is C1CCC2CCC2C1.C1CCC2CCCCC2C1.C1CCC2CCCCC2C1.C1CCC2CCCCC2C1.C1CCC2CCCCC2C1.C1CCC2CCCCC2C1.C1CCC2CCCCC2C1.CC(C)C.CC(C)C.CC(C)C.CC(C)C.CC(C)C.CC(C)C.CC(C)C. The molecule has 0 heteroatoms. The van der Waals surface area contributed by atoms with E-state index < -0.39 is 0 Å². The van der Waals surface area contributed by atoms with Crippen molar-refractivity contribution in [3.05, 3.63) is 0 Å². The van der Waals surface area contributed by atoms with Crippen LogP contribution in [0.3, 0.4) is 0 Å². The lowest BCUT2D eigenvalue weighted by molar-refractivity contribution is 0.115. The van der Waals surface area contributed by atoms with Gasteiger partial charge >= 0.3 is 0 Å². The molecule has 0 radical (unpaired) electrons. The van der Waals surface area contributed by atoms with Crippen LogP contribution in [0.4, 0.5) is 0 Å². The molecule has 14 fully saturated rings. The summed E-state index contributed by atoms with van der Waals surface area (Å²) >= 11 is 0. The molecular formula is C96H192. The maximum Gasteiger partial charge on any atom is -0.0386 e. The summed E-state index contributed by atoms with van der Waals surface area (Å²) in [6.45, 7) is 45.5. The molecule has 0 spiro atoms. The fraction of sp³-hybridized carbons (Fsp3) is 1.00. The van der Waals surface area contributed by atoms with Gasteiger partial charge in [-0.2, -0.15) is 0 Å². The first-order chi connectivity index (χ1) is 45.9. The van der Waals surface area contributed by atoms with Gasteiger partial charge in [0.1, 0.15) is 0 Å². The smallest absolute Gasteiger partial charge is 0.0386 e. The highest BCUT2D eigenvalue weighted by atomic mass is 14.4. The molecule has 0 saturated heterocycles. The van der Waals surface area contributed by atoms with Gasteiger partial charge in [-0.25, -0.2) is 0 Å². The monoisotopic (exact) mass is 1350 g/mol. The Morgan fingerprint density at radius 1 is 0.0938 bits per heavy atom. The number of fused-ring (bicyclic) bond motifs is 7. The normalized spacial score (nSPS) is 31.9. The highest BCUT2D eigenvalue weighted by molar-refractivity contribution is 4.85. The lowest BCUT2D eigenvalue weighted by Crippen LogP contribution is -2.28. The van der Waals surface area contributed by atoms with Crippen molar-refractivity contribution >= 4 is 0 Å². The van der Waals surface area contributed by atoms with Gasteiger partial charge in [-0.1, -0.05) is 479 Å². The van der Waals surface area contributed by atoms with E-state index in [9.17, 15) is 0 Å². The molecule has 576 valence electrons. The van der Waals surface area contributed by atoms with Gasteiger partial charge in [-0.3, -0.25) is 0 Å². The van der Waals surface area contributed by atoms with E-state index >= 15 is 0 Å². The predicted octanol–water partition coefficient (Wildman–Crippen LogP) is 34.4. The second-order valence-corrected chi connectivity index (χ2v) is 40.0. The third-order valence-corrected chi connectivity index (χ3v) is 23.8. The summed E-state index contributed by atoms with van der Waals surface area (Å²) in [4.78, 5) is 0. The molecule has 14 rings (SSSR count). The Bertz CT molecular complexity index is 1130. The molecule has 0 aromatic rings. The third kappa shape index (κ3) is 52.9. The highest BCUT2D eigenvalue weighted by Crippen LogP contribution is 2.46. The number of rotatable bonds is 0. The van der Waals surface area contributed by atoms with Gasteiger partial charge in [0.2, 0.25) is 0 Å². The Balaban J connectivity index is 0.000000527. The van der Waals surface area contributed by atoms with Crippen LogP contribution in [0, 0.1) is 124 Å². The first kappa shape index (κ1) is 94.0. The molecule has 0 amide bonds. The minimum Gasteiger partial charge on any atom is -0.0630 e. The van der Waals surface area contributed by atoms with E-state index in [0.29, 0.717) is 0 Å². The van der Waals surface area contributed by atoms with Gasteiger partial charge in [-0.05, 0) is 137 Å². The maximum absolute atomic E-state index is 2.17. The molecule has 14 aliphatic rings. The van der Waals surface area contributed by atoms with Crippen LogP contribution < -0.4 is 0 Å². The van der Waals surface area contributed by atoms with E-state index in [4.69, 9.17) is 0 Å². The maximum atomic E-state index is 2.17. The van der Waals surface area contributed by atoms with Crippen LogP contribution in [-0.4, -0.2) is 0 Å². The van der Waals surface area contributed by atoms with Gasteiger partial charge in [0.15, 0.2) is 0 Å². The average Bonchev–Trinajstić information content (AvgIpc) is 1.18. The second kappa shape index (κ2) is 61.3. The van der Waals surface area contributed by atoms with Crippen LogP contribution in [0.5, 0.6) is 0 Å². The van der Waals surface area contributed by atoms with E-state index in [-0.39, 0.29) is 0 Å². The van der Waals surface area contributed by atoms with E-state index in [2.05, 4.69) is 145 Å². The molecule has 96 heavy (non-hydrogen) atoms. The largest absolute Gasteiger partial charge is 0.0630 e. The van der Waals surface area contributed by atoms with Gasteiger partial charge in [-0.15, -0.1) is 0 Å². The summed E-state index contributed by atoms with van der Waals surface area (Å²) in [5.41, 5.74) is 0. The van der Waals surface area contributed by atoms with E-state index in [0.717, 1.165) is 112 Å². The van der Waals surface area contributed by atoms with E-state index in [1.165, 1.54) is 179 Å². The predicted molar refractivity (Wildman–Crippen MR) is 442 cm³/mol. The third-order valence-electron chi connectivity index (χ3n) is 23.8. The first-order valence-electron chi connectivity index (χ1n) is 45.9. The van der Waals surface area contributed by atoms with Crippen molar-refractivity contribution in [1.82, 2.24) is 0 Å². The molecule has 0 aromatic heterocycles. The number of hydrogen-bond acceptors (Lipinski definition) is 0. The zero-order valence-corrected chi connectivity index (χ0v) is 71.3. The van der Waals surface area contributed by atoms with Crippen LogP contribution in [0.2, 0.25) is 0 Å². The quantitative estimate of drug-likeness (QED) is 0.227. The summed E-state index contributed by atoms with van der Waals surface area (Å²) in [7, 11) is 0. The first-order valence-corrected chi connectivity index (χ1v) is 45.9. The molecule has 2 atom stereocenters. The Morgan fingerprint density at radius 2 is 0.135 bits per heavy atom. The van der Waals surface area contributed by atoms with Gasteiger partial charge < -0.3 is 0 Å². The standard InChI is InChI=1S/6C10H18.C8H14.7C4H10/c6*1-2-6-10-8-4-3-7-9(10)5-1;1-2-4-8-6-5-7(8)3-1;7*1-4(2)3/h6*9-10H,1-8H2;7-8H,1-6H2;7*4H,1-3H3. The lowest BCUT2D eigenvalue weighted by atomic mass is 9.66. The molecule has 0 aliphatic heterocycles. The van der Waals surface area contributed by atoms with Crippen molar-refractivity contribution in [3.8, 4) is 0 Å². The molecule has 0 heterocycles. The molecule has 0 nitrogen and oxygen atoms in total. The molecule has 0 bridgehead atoms. The van der Waals surface area contributed by atoms with Crippen molar-refractivity contribution in [3.63, 3.8) is 0 Å². The van der Waals surface area contributed by atoms with Gasteiger partial charge in [0, 0.05) is 0 Å². The molecule has 0 N–H and O–H groups in total. The molecule has 2 unspecified atom stereocenters. The van der Waals surface area contributed by atoms with E-state index in [1.807, 2.05) is 0 Å². The average molecular weight is 1350 g/mol. The van der Waals surface area contributed by atoms with Crippen molar-refractivity contribution < 1.29 is 0 Å². The van der Waals surface area contributed by atoms with Crippen LogP contribution in [-0.2, 0) is 0 Å². The molecule has 14 aliphatic carbocycles. The van der Waals surface area contributed by atoms with Crippen LogP contribution in [0.15, 0.2) is 0 Å². The summed E-state index contributed by atoms with van der Waals surface area (Å²) in [6.07, 6.45) is 83.4. The van der Waals surface area contributed by atoms with Crippen molar-refractivity contribution in [2.24, 2.45) is 124 Å². The fourth-order valence-corrected chi connectivity index (χ4v) is 19.4. The summed E-state index contributed by atoms with van der Waals surface area (Å²) in [5, 5.41) is 0.